The Morgan fingerprint density at radius 3 is 2.07 bits per heavy atom. The minimum Gasteiger partial charge on any atom is -0.491 e. The zero-order valence-corrected chi connectivity index (χ0v) is 29.3. The third-order valence-corrected chi connectivity index (χ3v) is 12.6. The van der Waals surface area contributed by atoms with E-state index < -0.39 is 26.0 Å². The highest BCUT2D eigenvalue weighted by molar-refractivity contribution is 6.74. The molecule has 2 rings (SSSR count). The van der Waals surface area contributed by atoms with Crippen molar-refractivity contribution in [2.75, 3.05) is 73.1 Å². The lowest BCUT2D eigenvalue weighted by atomic mass is 9.97. The zero-order valence-electron chi connectivity index (χ0n) is 28.3. The first-order valence-corrected chi connectivity index (χ1v) is 18.4. The average Bonchev–Trinajstić information content (AvgIpc) is 3.40. The van der Waals surface area contributed by atoms with Crippen molar-refractivity contribution in [2.24, 2.45) is 0 Å². The van der Waals surface area contributed by atoms with Crippen molar-refractivity contribution in [3.8, 4) is 5.75 Å². The van der Waals surface area contributed by atoms with Crippen molar-refractivity contribution in [1.82, 2.24) is 9.80 Å². The fourth-order valence-electron chi connectivity index (χ4n) is 4.58. The van der Waals surface area contributed by atoms with Crippen LogP contribution in [0.1, 0.15) is 59.6 Å². The molecule has 1 aliphatic rings. The van der Waals surface area contributed by atoms with Crippen LogP contribution in [0.2, 0.25) is 18.1 Å². The Bertz CT molecular complexity index is 1010. The second kappa shape index (κ2) is 17.5. The summed E-state index contributed by atoms with van der Waals surface area (Å²) >= 11 is 0. The molecule has 12 heteroatoms. The number of amides is 2. The fourth-order valence-corrected chi connectivity index (χ4v) is 5.61. The van der Waals surface area contributed by atoms with E-state index in [0.29, 0.717) is 83.7 Å². The minimum atomic E-state index is -1.86. The van der Waals surface area contributed by atoms with Crippen LogP contribution < -0.4 is 4.74 Å². The normalized spacial score (nSPS) is 16.7. The third kappa shape index (κ3) is 11.9. The molecule has 44 heavy (non-hydrogen) atoms. The van der Waals surface area contributed by atoms with Crippen molar-refractivity contribution in [3.63, 3.8) is 0 Å². The maximum absolute atomic E-state index is 14.0. The van der Waals surface area contributed by atoms with Crippen LogP contribution in [0.4, 0.5) is 4.79 Å². The largest absolute Gasteiger partial charge is 0.491 e. The van der Waals surface area contributed by atoms with Crippen LogP contribution in [-0.4, -0.2) is 120 Å². The van der Waals surface area contributed by atoms with Gasteiger partial charge >= 0.3 is 6.09 Å². The molecular weight excluding hydrogens is 584 g/mol. The third-order valence-electron chi connectivity index (χ3n) is 8.08. The van der Waals surface area contributed by atoms with E-state index in [0.717, 1.165) is 0 Å². The molecule has 0 radical (unpaired) electrons. The van der Waals surface area contributed by atoms with Gasteiger partial charge in [-0.1, -0.05) is 32.9 Å². The summed E-state index contributed by atoms with van der Waals surface area (Å²) in [5, 5.41) is 10.3. The molecule has 0 unspecified atom stereocenters. The topological polar surface area (TPSA) is 116 Å². The summed E-state index contributed by atoms with van der Waals surface area (Å²) in [4.78, 5) is 29.4. The van der Waals surface area contributed by atoms with Gasteiger partial charge in [-0.3, -0.25) is 9.69 Å². The Kier molecular flexibility index (Phi) is 15.1. The molecular formula is C32H56N2O9Si. The van der Waals surface area contributed by atoms with Gasteiger partial charge in [0.2, 0.25) is 5.91 Å². The summed E-state index contributed by atoms with van der Waals surface area (Å²) in [6, 6.07) is 6.10. The van der Waals surface area contributed by atoms with Crippen molar-refractivity contribution in [3.05, 3.63) is 29.8 Å². The SMILES string of the molecule is COCCOCCOCCO[C@H]1CCN(C(=O)[C@H](c2ccc(OCCO[Si](C)(C)C(C)(C)C)cc2)N(C(=O)O)C(C)(C)C)C1. The molecule has 0 spiro atoms. The van der Waals surface area contributed by atoms with E-state index in [4.69, 9.17) is 28.1 Å². The van der Waals surface area contributed by atoms with Crippen LogP contribution in [-0.2, 0) is 28.2 Å². The standard InChI is InChI=1S/C32H56N2O9Si/c1-31(2,3)34(30(36)37)28(25-10-12-26(13-11-25)41-22-23-43-44(8,9)32(4,5)6)29(35)33-15-14-27(24-33)42-21-20-40-19-18-39-17-16-38-7/h10-13,27-28H,14-24H2,1-9H3,(H,36,37)/t27-,28-/m0/s1. The van der Waals surface area contributed by atoms with Gasteiger partial charge in [-0.2, -0.15) is 0 Å². The molecule has 1 heterocycles. The van der Waals surface area contributed by atoms with Crippen molar-refractivity contribution in [1.29, 1.82) is 0 Å². The van der Waals surface area contributed by atoms with E-state index in [2.05, 4.69) is 33.9 Å². The number of nitrogens with zero attached hydrogens (tertiary/aromatic N) is 2. The van der Waals surface area contributed by atoms with Gasteiger partial charge in [0, 0.05) is 25.7 Å². The second-order valence-corrected chi connectivity index (χ2v) is 18.3. The first-order valence-electron chi connectivity index (χ1n) is 15.5. The lowest BCUT2D eigenvalue weighted by molar-refractivity contribution is -0.138. The second-order valence-electron chi connectivity index (χ2n) is 13.5. The molecule has 1 aliphatic heterocycles. The molecule has 2 amide bonds. The highest BCUT2D eigenvalue weighted by atomic mass is 28.4. The van der Waals surface area contributed by atoms with Gasteiger partial charge in [-0.05, 0) is 63.0 Å². The summed E-state index contributed by atoms with van der Waals surface area (Å²) in [6.07, 6.45) is -0.627. The van der Waals surface area contributed by atoms with E-state index in [-0.39, 0.29) is 17.0 Å². The minimum absolute atomic E-state index is 0.120. The lowest BCUT2D eigenvalue weighted by Gasteiger charge is -2.40. The molecule has 1 aromatic rings. The molecule has 2 atom stereocenters. The van der Waals surface area contributed by atoms with E-state index in [9.17, 15) is 14.7 Å². The number of rotatable bonds is 18. The Balaban J connectivity index is 2.00. The quantitative estimate of drug-likeness (QED) is 0.171. The van der Waals surface area contributed by atoms with Gasteiger partial charge in [0.1, 0.15) is 18.4 Å². The van der Waals surface area contributed by atoms with E-state index in [1.54, 1.807) is 57.0 Å². The number of benzene rings is 1. The Morgan fingerprint density at radius 1 is 0.932 bits per heavy atom. The highest BCUT2D eigenvalue weighted by Gasteiger charge is 2.42. The Hall–Kier alpha value is -2.22. The molecule has 1 aromatic carbocycles. The lowest BCUT2D eigenvalue weighted by Crippen LogP contribution is -2.52. The average molecular weight is 641 g/mol. The number of likely N-dealkylation sites (tertiary alicyclic amines) is 1. The molecule has 1 fully saturated rings. The van der Waals surface area contributed by atoms with Crippen molar-refractivity contribution >= 4 is 20.3 Å². The van der Waals surface area contributed by atoms with Gasteiger partial charge in [0.05, 0.1) is 52.4 Å². The van der Waals surface area contributed by atoms with Crippen molar-refractivity contribution < 1.29 is 42.8 Å². The van der Waals surface area contributed by atoms with E-state index in [1.165, 1.54) is 4.90 Å². The number of carbonyl (C=O) groups excluding carboxylic acids is 1. The summed E-state index contributed by atoms with van der Waals surface area (Å²) < 4.78 is 33.9. The van der Waals surface area contributed by atoms with E-state index >= 15 is 0 Å². The molecule has 252 valence electrons. The van der Waals surface area contributed by atoms with Gasteiger partial charge in [-0.25, -0.2) is 4.79 Å². The number of hydrogen-bond donors (Lipinski definition) is 1. The van der Waals surface area contributed by atoms with Crippen LogP contribution in [0.3, 0.4) is 0 Å². The number of carboxylic acid groups (broad SMARTS) is 1. The van der Waals surface area contributed by atoms with Crippen LogP contribution in [0.5, 0.6) is 5.75 Å². The smallest absolute Gasteiger partial charge is 0.408 e. The van der Waals surface area contributed by atoms with Gasteiger partial charge in [0.15, 0.2) is 8.32 Å². The first-order chi connectivity index (χ1) is 20.6. The predicted octanol–water partition coefficient (Wildman–Crippen LogP) is 5.20. The molecule has 0 aliphatic carbocycles. The van der Waals surface area contributed by atoms with Gasteiger partial charge < -0.3 is 38.1 Å². The summed E-state index contributed by atoms with van der Waals surface area (Å²) in [6.45, 7) is 21.0. The number of carbonyl (C=O) groups is 2. The van der Waals surface area contributed by atoms with Gasteiger partial charge in [-0.15, -0.1) is 0 Å². The van der Waals surface area contributed by atoms with Gasteiger partial charge in [0.25, 0.3) is 0 Å². The first kappa shape index (κ1) is 38.0. The van der Waals surface area contributed by atoms with Crippen LogP contribution in [0.25, 0.3) is 0 Å². The summed E-state index contributed by atoms with van der Waals surface area (Å²) in [5.41, 5.74) is -0.231. The molecule has 0 aromatic heterocycles. The fraction of sp³-hybridized carbons (Fsp3) is 0.750. The van der Waals surface area contributed by atoms with Crippen LogP contribution in [0.15, 0.2) is 24.3 Å². The Labute approximate surface area is 265 Å². The van der Waals surface area contributed by atoms with Crippen LogP contribution in [0, 0.1) is 0 Å². The zero-order chi connectivity index (χ0) is 33.0. The molecule has 1 saturated heterocycles. The monoisotopic (exact) mass is 640 g/mol. The molecule has 0 bridgehead atoms. The summed E-state index contributed by atoms with van der Waals surface area (Å²) in [5.74, 6) is 0.365. The predicted molar refractivity (Wildman–Crippen MR) is 172 cm³/mol. The molecule has 0 saturated carbocycles. The summed E-state index contributed by atoms with van der Waals surface area (Å²) in [7, 11) is -0.236. The Morgan fingerprint density at radius 2 is 1.52 bits per heavy atom. The number of hydrogen-bond acceptors (Lipinski definition) is 8. The maximum atomic E-state index is 14.0. The molecule has 11 nitrogen and oxygen atoms in total. The van der Waals surface area contributed by atoms with E-state index in [1.807, 2.05) is 0 Å². The number of ether oxygens (including phenoxy) is 5. The maximum Gasteiger partial charge on any atom is 0.408 e. The molecule has 1 N–H and O–H groups in total. The highest BCUT2D eigenvalue weighted by Crippen LogP contribution is 2.36. The number of methoxy groups -OCH3 is 1. The van der Waals surface area contributed by atoms with Crippen LogP contribution >= 0.6 is 0 Å². The van der Waals surface area contributed by atoms with Crippen molar-refractivity contribution in [2.45, 2.75) is 83.8 Å².